The SMILES string of the molecule is CS/C(C#C[Si](C)(C)C)=C\C#C[Si](C)(C)C. The van der Waals surface area contributed by atoms with E-state index in [1.54, 1.807) is 11.8 Å². The average Bonchev–Trinajstić information content (AvgIpc) is 2.07. The van der Waals surface area contributed by atoms with E-state index >= 15 is 0 Å². The van der Waals surface area contributed by atoms with Gasteiger partial charge in [0.1, 0.15) is 16.1 Å². The summed E-state index contributed by atoms with van der Waals surface area (Å²) in [5, 5.41) is 0. The zero-order chi connectivity index (χ0) is 12.8. The van der Waals surface area contributed by atoms with E-state index in [9.17, 15) is 0 Å². The smallest absolute Gasteiger partial charge is 0.127 e. The van der Waals surface area contributed by atoms with E-state index < -0.39 is 16.1 Å². The van der Waals surface area contributed by atoms with Gasteiger partial charge in [0.25, 0.3) is 0 Å². The molecule has 0 radical (unpaired) electrons. The molecule has 0 fully saturated rings. The van der Waals surface area contributed by atoms with Crippen LogP contribution >= 0.6 is 11.8 Å². The second-order valence-electron chi connectivity index (χ2n) is 5.73. The quantitative estimate of drug-likeness (QED) is 0.511. The van der Waals surface area contributed by atoms with Gasteiger partial charge in [-0.1, -0.05) is 51.1 Å². The molecule has 0 spiro atoms. The van der Waals surface area contributed by atoms with Crippen molar-refractivity contribution in [1.82, 2.24) is 0 Å². The predicted molar refractivity (Wildman–Crippen MR) is 83.8 cm³/mol. The summed E-state index contributed by atoms with van der Waals surface area (Å²) in [6.45, 7) is 13.5. The number of thioether (sulfide) groups is 1. The summed E-state index contributed by atoms with van der Waals surface area (Å²) in [7, 11) is -2.52. The summed E-state index contributed by atoms with van der Waals surface area (Å²) < 4.78 is 0. The summed E-state index contributed by atoms with van der Waals surface area (Å²) in [4.78, 5) is 1.09. The van der Waals surface area contributed by atoms with Crippen LogP contribution in [0.2, 0.25) is 39.3 Å². The summed E-state index contributed by atoms with van der Waals surface area (Å²) in [5.74, 6) is 6.40. The molecule has 0 N–H and O–H groups in total. The van der Waals surface area contributed by atoms with Gasteiger partial charge in [-0.25, -0.2) is 0 Å². The predicted octanol–water partition coefficient (Wildman–Crippen LogP) is 3.99. The summed E-state index contributed by atoms with van der Waals surface area (Å²) in [6.07, 6.45) is 4.02. The van der Waals surface area contributed by atoms with E-state index in [0.717, 1.165) is 4.91 Å². The van der Waals surface area contributed by atoms with E-state index in [1.807, 2.05) is 6.08 Å². The van der Waals surface area contributed by atoms with Gasteiger partial charge in [0.05, 0.1) is 4.91 Å². The lowest BCUT2D eigenvalue weighted by Gasteiger charge is -2.04. The van der Waals surface area contributed by atoms with E-state index in [-0.39, 0.29) is 0 Å². The molecule has 0 atom stereocenters. The minimum absolute atomic E-state index is 1.09. The lowest BCUT2D eigenvalue weighted by atomic mass is 10.5. The molecule has 88 valence electrons. The van der Waals surface area contributed by atoms with Crippen molar-refractivity contribution in [1.29, 1.82) is 0 Å². The zero-order valence-electron chi connectivity index (χ0n) is 11.5. The molecule has 0 heterocycles. The molecule has 0 aliphatic carbocycles. The van der Waals surface area contributed by atoms with Crippen LogP contribution in [0.3, 0.4) is 0 Å². The highest BCUT2D eigenvalue weighted by Gasteiger charge is 2.08. The molecule has 0 aromatic carbocycles. The van der Waals surface area contributed by atoms with Crippen molar-refractivity contribution >= 4 is 27.9 Å². The maximum absolute atomic E-state index is 3.36. The Hall–Kier alpha value is -0.356. The molecule has 0 aliphatic rings. The molecule has 0 rings (SSSR count). The topological polar surface area (TPSA) is 0 Å². The maximum atomic E-state index is 3.36. The molecule has 3 heteroatoms. The van der Waals surface area contributed by atoms with Crippen molar-refractivity contribution in [3.05, 3.63) is 11.0 Å². The molecule has 0 amide bonds. The van der Waals surface area contributed by atoms with Gasteiger partial charge in [-0.2, -0.15) is 0 Å². The van der Waals surface area contributed by atoms with Crippen LogP contribution in [-0.2, 0) is 0 Å². The van der Waals surface area contributed by atoms with E-state index in [4.69, 9.17) is 0 Å². The van der Waals surface area contributed by atoms with Gasteiger partial charge < -0.3 is 0 Å². The van der Waals surface area contributed by atoms with Crippen molar-refractivity contribution in [2.24, 2.45) is 0 Å². The maximum Gasteiger partial charge on any atom is 0.129 e. The van der Waals surface area contributed by atoms with Crippen LogP contribution in [0.25, 0.3) is 0 Å². The largest absolute Gasteiger partial charge is 0.129 e. The molecule has 0 aliphatic heterocycles. The minimum atomic E-state index is -1.27. The van der Waals surface area contributed by atoms with Crippen molar-refractivity contribution in [2.75, 3.05) is 6.26 Å². The Labute approximate surface area is 107 Å². The molecule has 0 saturated heterocycles. The Morgan fingerprint density at radius 2 is 1.44 bits per heavy atom. The third-order valence-electron chi connectivity index (χ3n) is 1.43. The van der Waals surface area contributed by atoms with Gasteiger partial charge in [-0.15, -0.1) is 22.8 Å². The molecule has 0 unspecified atom stereocenters. The Kier molecular flexibility index (Phi) is 6.25. The number of hydrogen-bond donors (Lipinski definition) is 0. The van der Waals surface area contributed by atoms with Crippen LogP contribution in [0.4, 0.5) is 0 Å². The van der Waals surface area contributed by atoms with Crippen molar-refractivity contribution in [3.63, 3.8) is 0 Å². The lowest BCUT2D eigenvalue weighted by Crippen LogP contribution is -2.16. The Morgan fingerprint density at radius 1 is 0.938 bits per heavy atom. The Balaban J connectivity index is 4.79. The van der Waals surface area contributed by atoms with Crippen molar-refractivity contribution in [2.45, 2.75) is 39.3 Å². The summed E-state index contributed by atoms with van der Waals surface area (Å²) in [5.41, 5.74) is 6.69. The zero-order valence-corrected chi connectivity index (χ0v) is 14.3. The first-order valence-corrected chi connectivity index (χ1v) is 13.7. The van der Waals surface area contributed by atoms with Crippen LogP contribution in [0, 0.1) is 22.9 Å². The number of allylic oxidation sites excluding steroid dienone is 2. The molecule has 0 bridgehead atoms. The average molecular weight is 267 g/mol. The summed E-state index contributed by atoms with van der Waals surface area (Å²) in [6, 6.07) is 0. The third-order valence-corrected chi connectivity index (χ3v) is 3.86. The molecule has 0 aromatic heterocycles. The molecule has 0 aromatic rings. The molecule has 16 heavy (non-hydrogen) atoms. The van der Waals surface area contributed by atoms with Crippen LogP contribution < -0.4 is 0 Å². The number of rotatable bonds is 1. The van der Waals surface area contributed by atoms with Gasteiger partial charge in [0, 0.05) is 6.08 Å². The Bertz CT molecular complexity index is 373. The van der Waals surface area contributed by atoms with Gasteiger partial charge in [0.15, 0.2) is 0 Å². The van der Waals surface area contributed by atoms with Crippen LogP contribution in [0.1, 0.15) is 0 Å². The Morgan fingerprint density at radius 3 is 1.81 bits per heavy atom. The van der Waals surface area contributed by atoms with E-state index in [2.05, 4.69) is 68.5 Å². The van der Waals surface area contributed by atoms with Gasteiger partial charge in [-0.05, 0) is 6.26 Å². The van der Waals surface area contributed by atoms with E-state index in [0.29, 0.717) is 0 Å². The fourth-order valence-electron chi connectivity index (χ4n) is 0.713. The first-order chi connectivity index (χ1) is 7.14. The van der Waals surface area contributed by atoms with Gasteiger partial charge in [-0.3, -0.25) is 0 Å². The molecular formula is C13H22SSi2. The highest BCUT2D eigenvalue weighted by molar-refractivity contribution is 8.02. The van der Waals surface area contributed by atoms with Gasteiger partial charge in [0.2, 0.25) is 0 Å². The van der Waals surface area contributed by atoms with Crippen molar-refractivity contribution in [3.8, 4) is 22.9 Å². The van der Waals surface area contributed by atoms with Crippen LogP contribution in [0.5, 0.6) is 0 Å². The first-order valence-electron chi connectivity index (χ1n) is 5.44. The highest BCUT2D eigenvalue weighted by Crippen LogP contribution is 2.10. The number of hydrogen-bond acceptors (Lipinski definition) is 1. The second kappa shape index (κ2) is 6.40. The second-order valence-corrected chi connectivity index (χ2v) is 16.1. The third kappa shape index (κ3) is 10.2. The standard InChI is InChI=1S/C13H22SSi2/c1-14-13(10-12-16(5,6)7)9-8-11-15(2,3)4/h9H,1-7H3/b13-9-. The van der Waals surface area contributed by atoms with Crippen LogP contribution in [-0.4, -0.2) is 22.4 Å². The minimum Gasteiger partial charge on any atom is -0.127 e. The molecule has 0 saturated carbocycles. The molecule has 0 nitrogen and oxygen atoms in total. The van der Waals surface area contributed by atoms with Gasteiger partial charge >= 0.3 is 0 Å². The highest BCUT2D eigenvalue weighted by atomic mass is 32.2. The fraction of sp³-hybridized carbons (Fsp3) is 0.538. The summed E-state index contributed by atoms with van der Waals surface area (Å²) >= 11 is 1.68. The molecular weight excluding hydrogens is 244 g/mol. The van der Waals surface area contributed by atoms with Crippen molar-refractivity contribution < 1.29 is 0 Å². The first kappa shape index (κ1) is 15.6. The fourth-order valence-corrected chi connectivity index (χ4v) is 2.15. The normalized spacial score (nSPS) is 12.3. The monoisotopic (exact) mass is 266 g/mol. The van der Waals surface area contributed by atoms with Crippen LogP contribution in [0.15, 0.2) is 11.0 Å². The van der Waals surface area contributed by atoms with E-state index in [1.165, 1.54) is 0 Å². The lowest BCUT2D eigenvalue weighted by molar-refractivity contribution is 1.80.